The molecule has 1 fully saturated rings. The zero-order valence-electron chi connectivity index (χ0n) is 11.4. The highest BCUT2D eigenvalue weighted by Gasteiger charge is 2.33. The van der Waals surface area contributed by atoms with Gasteiger partial charge in [0.15, 0.2) is 0 Å². The van der Waals surface area contributed by atoms with Gasteiger partial charge in [0.25, 0.3) is 5.91 Å². The third-order valence-corrected chi connectivity index (χ3v) is 3.26. The van der Waals surface area contributed by atoms with Crippen LogP contribution in [-0.2, 0) is 4.79 Å². The van der Waals surface area contributed by atoms with Gasteiger partial charge in [0.2, 0.25) is 5.91 Å². The smallest absolute Gasteiger partial charge is 0.257 e. The van der Waals surface area contributed by atoms with E-state index in [1.54, 1.807) is 6.07 Å². The number of nitrogens with one attached hydrogen (secondary N) is 2. The predicted octanol–water partition coefficient (Wildman–Crippen LogP) is 0.376. The molecular formula is C14H18FN3O2. The summed E-state index contributed by atoms with van der Waals surface area (Å²) in [6.07, 6.45) is 0. The Morgan fingerprint density at radius 3 is 2.90 bits per heavy atom. The number of hydrogen-bond donors (Lipinski definition) is 2. The van der Waals surface area contributed by atoms with Gasteiger partial charge in [-0.2, -0.15) is 0 Å². The second-order valence-corrected chi connectivity index (χ2v) is 4.59. The molecule has 2 rings (SSSR count). The molecule has 1 aliphatic heterocycles. The first-order valence-electron chi connectivity index (χ1n) is 6.69. The Kier molecular flexibility index (Phi) is 4.68. The summed E-state index contributed by atoms with van der Waals surface area (Å²) < 4.78 is 13.7. The third-order valence-electron chi connectivity index (χ3n) is 3.26. The summed E-state index contributed by atoms with van der Waals surface area (Å²) in [5.41, 5.74) is 0.00342. The molecule has 1 aromatic rings. The number of carbonyl (C=O) groups excluding carboxylic acids is 2. The molecule has 0 aliphatic carbocycles. The average molecular weight is 279 g/mol. The summed E-state index contributed by atoms with van der Waals surface area (Å²) in [5.74, 6) is -1.23. The number of benzene rings is 1. The number of amides is 2. The first-order valence-corrected chi connectivity index (χ1v) is 6.69. The zero-order valence-corrected chi connectivity index (χ0v) is 11.4. The Hall–Kier alpha value is -1.95. The molecule has 0 spiro atoms. The van der Waals surface area contributed by atoms with Crippen molar-refractivity contribution >= 4 is 11.8 Å². The molecule has 1 aromatic carbocycles. The molecule has 5 nitrogen and oxygen atoms in total. The van der Waals surface area contributed by atoms with E-state index in [2.05, 4.69) is 10.6 Å². The maximum Gasteiger partial charge on any atom is 0.257 e. The van der Waals surface area contributed by atoms with E-state index in [1.165, 1.54) is 23.1 Å². The Balaban J connectivity index is 2.22. The molecule has 0 saturated carbocycles. The van der Waals surface area contributed by atoms with Crippen molar-refractivity contribution in [3.63, 3.8) is 0 Å². The summed E-state index contributed by atoms with van der Waals surface area (Å²) in [6, 6.07) is 5.23. The highest BCUT2D eigenvalue weighted by molar-refractivity contribution is 5.98. The van der Waals surface area contributed by atoms with Crippen LogP contribution in [0.15, 0.2) is 24.3 Å². The Bertz CT molecular complexity index is 507. The second-order valence-electron chi connectivity index (χ2n) is 4.59. The van der Waals surface area contributed by atoms with E-state index >= 15 is 0 Å². The van der Waals surface area contributed by atoms with Crippen molar-refractivity contribution in [2.45, 2.75) is 13.0 Å². The number of carbonyl (C=O) groups is 2. The fraction of sp³-hybridized carbons (Fsp3) is 0.429. The largest absolute Gasteiger partial charge is 0.355 e. The van der Waals surface area contributed by atoms with Gasteiger partial charge in [0.1, 0.15) is 11.9 Å². The van der Waals surface area contributed by atoms with E-state index in [4.69, 9.17) is 0 Å². The number of hydrogen-bond acceptors (Lipinski definition) is 3. The molecule has 20 heavy (non-hydrogen) atoms. The summed E-state index contributed by atoms with van der Waals surface area (Å²) in [4.78, 5) is 25.8. The average Bonchev–Trinajstić information content (AvgIpc) is 2.47. The summed E-state index contributed by atoms with van der Waals surface area (Å²) in [6.45, 7) is 3.67. The summed E-state index contributed by atoms with van der Waals surface area (Å²) >= 11 is 0. The normalized spacial score (nSPS) is 18.7. The van der Waals surface area contributed by atoms with Crippen molar-refractivity contribution in [1.29, 1.82) is 0 Å². The van der Waals surface area contributed by atoms with Gasteiger partial charge >= 0.3 is 0 Å². The molecule has 1 saturated heterocycles. The van der Waals surface area contributed by atoms with E-state index in [0.717, 1.165) is 0 Å². The van der Waals surface area contributed by atoms with Crippen LogP contribution < -0.4 is 10.6 Å². The van der Waals surface area contributed by atoms with Gasteiger partial charge < -0.3 is 15.5 Å². The summed E-state index contributed by atoms with van der Waals surface area (Å²) in [5, 5.41) is 5.78. The van der Waals surface area contributed by atoms with E-state index in [1.807, 2.05) is 6.92 Å². The fourth-order valence-corrected chi connectivity index (χ4v) is 2.26. The lowest BCUT2D eigenvalue weighted by Crippen LogP contribution is -2.59. The van der Waals surface area contributed by atoms with Gasteiger partial charge in [-0.15, -0.1) is 0 Å². The van der Waals surface area contributed by atoms with E-state index in [9.17, 15) is 14.0 Å². The van der Waals surface area contributed by atoms with Crippen LogP contribution in [0.3, 0.4) is 0 Å². The van der Waals surface area contributed by atoms with Crippen LogP contribution in [-0.4, -0.2) is 48.9 Å². The molecule has 2 N–H and O–H groups in total. The minimum atomic E-state index is -0.601. The van der Waals surface area contributed by atoms with Crippen LogP contribution in [0, 0.1) is 5.82 Å². The van der Waals surface area contributed by atoms with Crippen molar-refractivity contribution in [1.82, 2.24) is 15.5 Å². The zero-order chi connectivity index (χ0) is 14.5. The Labute approximate surface area is 117 Å². The van der Waals surface area contributed by atoms with Crippen molar-refractivity contribution < 1.29 is 14.0 Å². The lowest BCUT2D eigenvalue weighted by molar-refractivity contribution is -0.126. The van der Waals surface area contributed by atoms with Crippen LogP contribution in [0.5, 0.6) is 0 Å². The molecule has 0 radical (unpaired) electrons. The number of nitrogens with zero attached hydrogens (tertiary/aromatic N) is 1. The van der Waals surface area contributed by atoms with Crippen LogP contribution in [0.2, 0.25) is 0 Å². The molecule has 0 aromatic heterocycles. The van der Waals surface area contributed by atoms with Gasteiger partial charge in [0.05, 0.1) is 5.56 Å². The van der Waals surface area contributed by atoms with Gasteiger partial charge in [0, 0.05) is 26.2 Å². The van der Waals surface area contributed by atoms with Crippen LogP contribution in [0.1, 0.15) is 17.3 Å². The molecule has 1 aliphatic rings. The van der Waals surface area contributed by atoms with Crippen molar-refractivity contribution in [3.8, 4) is 0 Å². The first-order chi connectivity index (χ1) is 9.65. The monoisotopic (exact) mass is 279 g/mol. The molecule has 6 heteroatoms. The number of likely N-dealkylation sites (N-methyl/N-ethyl adjacent to an activating group) is 1. The molecule has 1 heterocycles. The summed E-state index contributed by atoms with van der Waals surface area (Å²) in [7, 11) is 0. The van der Waals surface area contributed by atoms with Gasteiger partial charge in [-0.05, 0) is 19.1 Å². The first kappa shape index (κ1) is 14.5. The van der Waals surface area contributed by atoms with Gasteiger partial charge in [-0.25, -0.2) is 4.39 Å². The number of piperazine rings is 1. The second kappa shape index (κ2) is 6.47. The topological polar surface area (TPSA) is 61.4 Å². The standard InChI is InChI=1S/C14H18FN3O2/c1-2-17-13(19)12-9-16-7-8-18(12)14(20)10-5-3-4-6-11(10)15/h3-6,12,16H,2,7-9H2,1H3,(H,17,19). The highest BCUT2D eigenvalue weighted by atomic mass is 19.1. The van der Waals surface area contributed by atoms with E-state index < -0.39 is 17.8 Å². The lowest BCUT2D eigenvalue weighted by Gasteiger charge is -2.35. The van der Waals surface area contributed by atoms with Gasteiger partial charge in [-0.3, -0.25) is 9.59 Å². The Morgan fingerprint density at radius 2 is 2.20 bits per heavy atom. The SMILES string of the molecule is CCNC(=O)C1CNCCN1C(=O)c1ccccc1F. The van der Waals surface area contributed by atoms with Crippen molar-refractivity contribution in [3.05, 3.63) is 35.6 Å². The van der Waals surface area contributed by atoms with E-state index in [-0.39, 0.29) is 11.5 Å². The molecule has 2 amide bonds. The van der Waals surface area contributed by atoms with Crippen LogP contribution in [0.4, 0.5) is 4.39 Å². The molecule has 1 unspecified atom stereocenters. The van der Waals surface area contributed by atoms with Crippen molar-refractivity contribution in [2.24, 2.45) is 0 Å². The van der Waals surface area contributed by atoms with E-state index in [0.29, 0.717) is 26.2 Å². The minimum absolute atomic E-state index is 0.00342. The Morgan fingerprint density at radius 1 is 1.45 bits per heavy atom. The molecule has 108 valence electrons. The quantitative estimate of drug-likeness (QED) is 0.840. The van der Waals surface area contributed by atoms with Gasteiger partial charge in [-0.1, -0.05) is 12.1 Å². The maximum atomic E-state index is 13.7. The molecular weight excluding hydrogens is 261 g/mol. The number of halogens is 1. The van der Waals surface area contributed by atoms with Crippen LogP contribution in [0.25, 0.3) is 0 Å². The highest BCUT2D eigenvalue weighted by Crippen LogP contribution is 2.14. The predicted molar refractivity (Wildman–Crippen MR) is 72.8 cm³/mol. The molecule has 1 atom stereocenters. The third kappa shape index (κ3) is 2.96. The fourth-order valence-electron chi connectivity index (χ4n) is 2.26. The maximum absolute atomic E-state index is 13.7. The van der Waals surface area contributed by atoms with Crippen molar-refractivity contribution in [2.75, 3.05) is 26.2 Å². The van der Waals surface area contributed by atoms with Crippen LogP contribution >= 0.6 is 0 Å². The minimum Gasteiger partial charge on any atom is -0.355 e. The molecule has 0 bridgehead atoms. The number of rotatable bonds is 3. The lowest BCUT2D eigenvalue weighted by atomic mass is 10.1.